The van der Waals surface area contributed by atoms with E-state index in [-0.39, 0.29) is 15.0 Å². The summed E-state index contributed by atoms with van der Waals surface area (Å²) in [5, 5.41) is 2.08. The summed E-state index contributed by atoms with van der Waals surface area (Å²) >= 11 is 2.09. The van der Waals surface area contributed by atoms with E-state index in [1.165, 1.54) is 24.3 Å². The van der Waals surface area contributed by atoms with Crippen molar-refractivity contribution in [2.75, 3.05) is 6.54 Å². The lowest BCUT2D eigenvalue weighted by molar-refractivity contribution is 0.570. The number of sulfone groups is 1. The molecule has 0 unspecified atom stereocenters. The molecule has 0 fully saturated rings. The Bertz CT molecular complexity index is 1060. The fourth-order valence-electron chi connectivity index (χ4n) is 2.32. The Labute approximate surface area is 159 Å². The predicted octanol–water partition coefficient (Wildman–Crippen LogP) is 3.44. The number of benzene rings is 1. The van der Waals surface area contributed by atoms with E-state index < -0.39 is 30.9 Å². The highest BCUT2D eigenvalue weighted by Gasteiger charge is 2.31. The molecule has 26 heavy (non-hydrogen) atoms. The first-order valence-electron chi connectivity index (χ1n) is 7.37. The zero-order chi connectivity index (χ0) is 18.8. The van der Waals surface area contributed by atoms with Crippen LogP contribution in [0.25, 0.3) is 0 Å². The van der Waals surface area contributed by atoms with Gasteiger partial charge in [-0.2, -0.15) is 0 Å². The van der Waals surface area contributed by atoms with Crippen molar-refractivity contribution in [3.8, 4) is 0 Å². The molecule has 5 nitrogen and oxygen atoms in total. The van der Waals surface area contributed by atoms with E-state index in [2.05, 4.69) is 4.72 Å². The minimum absolute atomic E-state index is 0.101. The van der Waals surface area contributed by atoms with Crippen LogP contribution in [-0.2, 0) is 19.9 Å². The second-order valence-electron chi connectivity index (χ2n) is 5.30. The van der Waals surface area contributed by atoms with Gasteiger partial charge >= 0.3 is 0 Å². The monoisotopic (exact) mass is 431 g/mol. The van der Waals surface area contributed by atoms with Crippen molar-refractivity contribution in [3.05, 3.63) is 70.7 Å². The number of hydrogen-bond donors (Lipinski definition) is 1. The van der Waals surface area contributed by atoms with Gasteiger partial charge in [0.05, 0.1) is 0 Å². The standard InChI is InChI=1S/C16H14FNO4S4/c17-13-7-5-12(6-8-13)14(25(19,20)15-3-1-9-23-15)11-18-26(21,22)16-4-2-10-24-16/h1-10,14,18H,11H2/t14-/m1/s1. The van der Waals surface area contributed by atoms with Gasteiger partial charge < -0.3 is 0 Å². The second-order valence-corrected chi connectivity index (χ2v) is 11.5. The van der Waals surface area contributed by atoms with Crippen molar-refractivity contribution < 1.29 is 21.2 Å². The highest BCUT2D eigenvalue weighted by atomic mass is 32.2. The lowest BCUT2D eigenvalue weighted by Gasteiger charge is -2.18. The fourth-order valence-corrected chi connectivity index (χ4v) is 7.38. The molecule has 3 rings (SSSR count). The summed E-state index contributed by atoms with van der Waals surface area (Å²) in [7, 11) is -7.67. The van der Waals surface area contributed by atoms with E-state index in [9.17, 15) is 21.2 Å². The molecular formula is C16H14FNO4S4. The SMILES string of the molecule is O=S(=O)(NC[C@H](c1ccc(F)cc1)S(=O)(=O)c1cccs1)c1cccs1. The molecule has 0 spiro atoms. The first-order chi connectivity index (χ1) is 12.3. The molecular weight excluding hydrogens is 417 g/mol. The summed E-state index contributed by atoms with van der Waals surface area (Å²) < 4.78 is 66.4. The fraction of sp³-hybridized carbons (Fsp3) is 0.125. The maximum absolute atomic E-state index is 13.2. The molecule has 0 bridgehead atoms. The third-order valence-corrected chi connectivity index (χ3v) is 9.96. The summed E-state index contributed by atoms with van der Waals surface area (Å²) in [5.41, 5.74) is 0.314. The molecule has 10 heteroatoms. The van der Waals surface area contributed by atoms with E-state index in [0.29, 0.717) is 5.56 Å². The van der Waals surface area contributed by atoms with Crippen molar-refractivity contribution in [1.29, 1.82) is 0 Å². The third-order valence-electron chi connectivity index (χ3n) is 3.61. The number of rotatable bonds is 7. The molecule has 2 heterocycles. The molecule has 0 aliphatic carbocycles. The topological polar surface area (TPSA) is 80.3 Å². The van der Waals surface area contributed by atoms with Crippen molar-refractivity contribution in [1.82, 2.24) is 4.72 Å². The molecule has 1 aromatic carbocycles. The summed E-state index contributed by atoms with van der Waals surface area (Å²) in [5.74, 6) is -0.500. The van der Waals surface area contributed by atoms with E-state index in [1.54, 1.807) is 22.9 Å². The molecule has 0 aliphatic rings. The van der Waals surface area contributed by atoms with Gasteiger partial charge in [-0.25, -0.2) is 25.9 Å². The molecule has 0 aliphatic heterocycles. The third kappa shape index (κ3) is 4.04. The molecule has 1 atom stereocenters. The van der Waals surface area contributed by atoms with Crippen LogP contribution in [0.3, 0.4) is 0 Å². The molecule has 0 saturated heterocycles. The van der Waals surface area contributed by atoms with Crippen LogP contribution in [-0.4, -0.2) is 23.4 Å². The Kier molecular flexibility index (Phi) is 5.58. The molecule has 2 aromatic heterocycles. The largest absolute Gasteiger partial charge is 0.250 e. The number of halogens is 1. The average Bonchev–Trinajstić information content (AvgIpc) is 3.30. The van der Waals surface area contributed by atoms with Gasteiger partial charge in [-0.15, -0.1) is 22.7 Å². The van der Waals surface area contributed by atoms with Crippen LogP contribution in [0.1, 0.15) is 10.8 Å². The van der Waals surface area contributed by atoms with Crippen molar-refractivity contribution in [2.24, 2.45) is 0 Å². The number of hydrogen-bond acceptors (Lipinski definition) is 6. The maximum Gasteiger partial charge on any atom is 0.250 e. The van der Waals surface area contributed by atoms with Crippen LogP contribution >= 0.6 is 22.7 Å². The summed E-state index contributed by atoms with van der Waals surface area (Å²) in [6.07, 6.45) is 0. The molecule has 1 N–H and O–H groups in total. The Balaban J connectivity index is 1.95. The van der Waals surface area contributed by atoms with Crippen molar-refractivity contribution >= 4 is 42.5 Å². The summed E-state index contributed by atoms with van der Waals surface area (Å²) in [4.78, 5) is 0. The minimum atomic E-state index is -3.84. The molecule has 0 radical (unpaired) electrons. The van der Waals surface area contributed by atoms with E-state index in [0.717, 1.165) is 34.8 Å². The van der Waals surface area contributed by atoms with Crippen molar-refractivity contribution in [3.63, 3.8) is 0 Å². The Morgan fingerprint density at radius 1 is 0.885 bits per heavy atom. The van der Waals surface area contributed by atoms with Gasteiger partial charge in [0.1, 0.15) is 19.5 Å². The van der Waals surface area contributed by atoms with Gasteiger partial charge in [0.2, 0.25) is 10.0 Å². The smallest absolute Gasteiger partial charge is 0.222 e. The predicted molar refractivity (Wildman–Crippen MR) is 100 cm³/mol. The quantitative estimate of drug-likeness (QED) is 0.621. The van der Waals surface area contributed by atoms with Crippen LogP contribution in [0, 0.1) is 5.82 Å². The second kappa shape index (κ2) is 7.57. The zero-order valence-electron chi connectivity index (χ0n) is 13.2. The summed E-state index contributed by atoms with van der Waals surface area (Å²) in [6, 6.07) is 11.1. The lowest BCUT2D eigenvalue weighted by Crippen LogP contribution is -2.31. The highest BCUT2D eigenvalue weighted by molar-refractivity contribution is 7.94. The molecule has 0 amide bonds. The number of sulfonamides is 1. The van der Waals surface area contributed by atoms with Crippen LogP contribution < -0.4 is 4.72 Å². The van der Waals surface area contributed by atoms with Gasteiger partial charge in [0, 0.05) is 6.54 Å². The number of nitrogens with one attached hydrogen (secondary N) is 1. The zero-order valence-corrected chi connectivity index (χ0v) is 16.5. The highest BCUT2D eigenvalue weighted by Crippen LogP contribution is 2.31. The van der Waals surface area contributed by atoms with E-state index in [1.807, 2.05) is 0 Å². The first kappa shape index (κ1) is 19.2. The minimum Gasteiger partial charge on any atom is -0.222 e. The van der Waals surface area contributed by atoms with Crippen molar-refractivity contribution in [2.45, 2.75) is 13.7 Å². The van der Waals surface area contributed by atoms with Crippen LogP contribution in [0.4, 0.5) is 4.39 Å². The van der Waals surface area contributed by atoms with E-state index in [4.69, 9.17) is 0 Å². The van der Waals surface area contributed by atoms with Gasteiger partial charge in [-0.05, 0) is 40.6 Å². The lowest BCUT2D eigenvalue weighted by atomic mass is 10.1. The Hall–Kier alpha value is -1.59. The van der Waals surface area contributed by atoms with Crippen LogP contribution in [0.15, 0.2) is 67.7 Å². The van der Waals surface area contributed by atoms with Crippen LogP contribution in [0.2, 0.25) is 0 Å². The van der Waals surface area contributed by atoms with Gasteiger partial charge in [0.25, 0.3) is 0 Å². The van der Waals surface area contributed by atoms with Crippen LogP contribution in [0.5, 0.6) is 0 Å². The Morgan fingerprint density at radius 2 is 1.46 bits per heavy atom. The molecule has 3 aromatic rings. The molecule has 138 valence electrons. The Morgan fingerprint density at radius 3 is 2.00 bits per heavy atom. The number of thiophene rings is 2. The van der Waals surface area contributed by atoms with Gasteiger partial charge in [-0.1, -0.05) is 24.3 Å². The first-order valence-corrected chi connectivity index (χ1v) is 12.2. The average molecular weight is 432 g/mol. The summed E-state index contributed by atoms with van der Waals surface area (Å²) in [6.45, 7) is -0.355. The maximum atomic E-state index is 13.2. The van der Waals surface area contributed by atoms with Gasteiger partial charge in [0.15, 0.2) is 9.84 Å². The van der Waals surface area contributed by atoms with Gasteiger partial charge in [-0.3, -0.25) is 0 Å². The normalized spacial score (nSPS) is 13.6. The molecule has 0 saturated carbocycles. The van der Waals surface area contributed by atoms with E-state index >= 15 is 0 Å².